The first-order valence-corrected chi connectivity index (χ1v) is 8.14. The fourth-order valence-electron chi connectivity index (χ4n) is 2.03. The van der Waals surface area contributed by atoms with Gasteiger partial charge in [0.15, 0.2) is 0 Å². The van der Waals surface area contributed by atoms with Crippen molar-refractivity contribution in [2.45, 2.75) is 24.9 Å². The number of aryl methyl sites for hydroxylation is 1. The second-order valence-electron chi connectivity index (χ2n) is 4.76. The van der Waals surface area contributed by atoms with E-state index in [0.29, 0.717) is 11.4 Å². The van der Waals surface area contributed by atoms with Gasteiger partial charge in [0.05, 0.1) is 4.90 Å². The van der Waals surface area contributed by atoms with Gasteiger partial charge in [-0.1, -0.05) is 18.2 Å². The second kappa shape index (κ2) is 6.80. The molecule has 0 radical (unpaired) electrons. The molecule has 0 atom stereocenters. The summed E-state index contributed by atoms with van der Waals surface area (Å²) >= 11 is 0. The standard InChI is InChI=1S/C15H19N3O2S/c1-12-7-8-17-10-14(12)11-18-21(19,20)15-6-4-3-5-13(15)9-16-2/h3-8,10,16,18H,9,11H2,1-2H3. The maximum Gasteiger partial charge on any atom is 0.241 e. The number of nitrogens with one attached hydrogen (secondary N) is 2. The van der Waals surface area contributed by atoms with Crippen LogP contribution in [0.2, 0.25) is 0 Å². The van der Waals surface area contributed by atoms with Gasteiger partial charge in [-0.2, -0.15) is 0 Å². The molecule has 0 aliphatic heterocycles. The van der Waals surface area contributed by atoms with Gasteiger partial charge in [-0.05, 0) is 42.8 Å². The highest BCUT2D eigenvalue weighted by atomic mass is 32.2. The zero-order chi connectivity index (χ0) is 15.3. The molecule has 0 fully saturated rings. The normalized spacial score (nSPS) is 11.5. The number of sulfonamides is 1. The number of nitrogens with zero attached hydrogens (tertiary/aromatic N) is 1. The molecule has 1 heterocycles. The lowest BCUT2D eigenvalue weighted by Crippen LogP contribution is -2.25. The van der Waals surface area contributed by atoms with E-state index in [-0.39, 0.29) is 6.54 Å². The largest absolute Gasteiger partial charge is 0.316 e. The van der Waals surface area contributed by atoms with E-state index in [2.05, 4.69) is 15.0 Å². The van der Waals surface area contributed by atoms with Crippen LogP contribution in [0.3, 0.4) is 0 Å². The molecule has 2 aromatic rings. The van der Waals surface area contributed by atoms with Gasteiger partial charge >= 0.3 is 0 Å². The Morgan fingerprint density at radius 1 is 1.10 bits per heavy atom. The molecule has 0 saturated carbocycles. The van der Waals surface area contributed by atoms with Crippen molar-refractivity contribution in [3.05, 3.63) is 59.4 Å². The molecule has 0 bridgehead atoms. The van der Waals surface area contributed by atoms with Crippen molar-refractivity contribution in [2.24, 2.45) is 0 Å². The quantitative estimate of drug-likeness (QED) is 0.850. The van der Waals surface area contributed by atoms with Gasteiger partial charge in [0.25, 0.3) is 0 Å². The summed E-state index contributed by atoms with van der Waals surface area (Å²) in [5.74, 6) is 0. The van der Waals surface area contributed by atoms with Gasteiger partial charge in [-0.3, -0.25) is 4.98 Å². The molecule has 2 rings (SSSR count). The molecular weight excluding hydrogens is 286 g/mol. The van der Waals surface area contributed by atoms with Crippen LogP contribution in [-0.4, -0.2) is 20.4 Å². The van der Waals surface area contributed by atoms with Crippen molar-refractivity contribution in [2.75, 3.05) is 7.05 Å². The summed E-state index contributed by atoms with van der Waals surface area (Å²) in [6.07, 6.45) is 3.37. The third kappa shape index (κ3) is 3.87. The van der Waals surface area contributed by atoms with Crippen molar-refractivity contribution < 1.29 is 8.42 Å². The van der Waals surface area contributed by atoms with Crippen LogP contribution in [0.5, 0.6) is 0 Å². The Bertz CT molecular complexity index is 714. The maximum absolute atomic E-state index is 12.5. The van der Waals surface area contributed by atoms with E-state index in [0.717, 1.165) is 16.7 Å². The number of rotatable bonds is 6. The molecule has 5 nitrogen and oxygen atoms in total. The van der Waals surface area contributed by atoms with Crippen LogP contribution >= 0.6 is 0 Å². The fraction of sp³-hybridized carbons (Fsp3) is 0.267. The Balaban J connectivity index is 2.21. The molecule has 1 aromatic carbocycles. The fourth-order valence-corrected chi connectivity index (χ4v) is 3.28. The van der Waals surface area contributed by atoms with E-state index in [4.69, 9.17) is 0 Å². The summed E-state index contributed by atoms with van der Waals surface area (Å²) in [4.78, 5) is 4.33. The Morgan fingerprint density at radius 3 is 2.57 bits per heavy atom. The number of hydrogen-bond acceptors (Lipinski definition) is 4. The van der Waals surface area contributed by atoms with Gasteiger partial charge in [-0.15, -0.1) is 0 Å². The first kappa shape index (κ1) is 15.6. The van der Waals surface area contributed by atoms with Crippen LogP contribution in [0, 0.1) is 6.92 Å². The number of hydrogen-bond donors (Lipinski definition) is 2. The zero-order valence-electron chi connectivity index (χ0n) is 12.1. The van der Waals surface area contributed by atoms with Crippen molar-refractivity contribution in [3.8, 4) is 0 Å². The van der Waals surface area contributed by atoms with Gasteiger partial charge in [0.1, 0.15) is 0 Å². The Morgan fingerprint density at radius 2 is 1.86 bits per heavy atom. The lowest BCUT2D eigenvalue weighted by molar-refractivity contribution is 0.579. The smallest absolute Gasteiger partial charge is 0.241 e. The van der Waals surface area contributed by atoms with E-state index in [1.54, 1.807) is 37.6 Å². The minimum Gasteiger partial charge on any atom is -0.316 e. The minimum atomic E-state index is -3.55. The van der Waals surface area contributed by atoms with Crippen LogP contribution < -0.4 is 10.0 Å². The van der Waals surface area contributed by atoms with Crippen LogP contribution in [0.4, 0.5) is 0 Å². The van der Waals surface area contributed by atoms with Gasteiger partial charge in [0.2, 0.25) is 10.0 Å². The van der Waals surface area contributed by atoms with Crippen LogP contribution in [-0.2, 0) is 23.1 Å². The Kier molecular flexibility index (Phi) is 5.06. The lowest BCUT2D eigenvalue weighted by atomic mass is 10.2. The molecule has 0 aliphatic carbocycles. The molecule has 0 amide bonds. The second-order valence-corrected chi connectivity index (χ2v) is 6.50. The topological polar surface area (TPSA) is 71.1 Å². The predicted octanol–water partition coefficient (Wildman–Crippen LogP) is 1.59. The molecule has 2 N–H and O–H groups in total. The third-order valence-electron chi connectivity index (χ3n) is 3.23. The summed E-state index contributed by atoms with van der Waals surface area (Å²) in [5.41, 5.74) is 2.62. The van der Waals surface area contributed by atoms with E-state index >= 15 is 0 Å². The third-order valence-corrected chi connectivity index (χ3v) is 4.73. The first-order chi connectivity index (χ1) is 10.0. The average molecular weight is 305 g/mol. The monoisotopic (exact) mass is 305 g/mol. The molecule has 21 heavy (non-hydrogen) atoms. The van der Waals surface area contributed by atoms with Gasteiger partial charge < -0.3 is 5.32 Å². The predicted molar refractivity (Wildman–Crippen MR) is 82.2 cm³/mol. The van der Waals surface area contributed by atoms with Crippen molar-refractivity contribution in [1.29, 1.82) is 0 Å². The Hall–Kier alpha value is -1.76. The summed E-state index contributed by atoms with van der Waals surface area (Å²) in [5, 5.41) is 2.98. The van der Waals surface area contributed by atoms with E-state index in [1.165, 1.54) is 0 Å². The molecule has 0 unspecified atom stereocenters. The summed E-state index contributed by atoms with van der Waals surface area (Å²) in [6, 6.07) is 8.84. The van der Waals surface area contributed by atoms with Crippen LogP contribution in [0.15, 0.2) is 47.6 Å². The molecule has 112 valence electrons. The molecule has 6 heteroatoms. The maximum atomic E-state index is 12.5. The summed E-state index contributed by atoms with van der Waals surface area (Å²) in [6.45, 7) is 2.67. The van der Waals surface area contributed by atoms with Crippen molar-refractivity contribution >= 4 is 10.0 Å². The number of benzene rings is 1. The lowest BCUT2D eigenvalue weighted by Gasteiger charge is -2.12. The molecule has 0 spiro atoms. The average Bonchev–Trinajstić information content (AvgIpc) is 2.47. The molecular formula is C15H19N3O2S. The van der Waals surface area contributed by atoms with Gasteiger partial charge in [-0.25, -0.2) is 13.1 Å². The first-order valence-electron chi connectivity index (χ1n) is 6.66. The summed E-state index contributed by atoms with van der Waals surface area (Å²) < 4.78 is 27.5. The van der Waals surface area contributed by atoms with Crippen LogP contribution in [0.1, 0.15) is 16.7 Å². The minimum absolute atomic E-state index is 0.232. The van der Waals surface area contributed by atoms with E-state index in [9.17, 15) is 8.42 Å². The molecule has 0 saturated heterocycles. The highest BCUT2D eigenvalue weighted by Crippen LogP contribution is 2.16. The van der Waals surface area contributed by atoms with E-state index in [1.807, 2.05) is 19.1 Å². The van der Waals surface area contributed by atoms with Gasteiger partial charge in [0, 0.05) is 25.5 Å². The molecule has 0 aliphatic rings. The zero-order valence-corrected chi connectivity index (χ0v) is 12.9. The number of pyridine rings is 1. The SMILES string of the molecule is CNCc1ccccc1S(=O)(=O)NCc1cnccc1C. The molecule has 1 aromatic heterocycles. The van der Waals surface area contributed by atoms with Crippen molar-refractivity contribution in [1.82, 2.24) is 15.0 Å². The Labute approximate surface area is 125 Å². The van der Waals surface area contributed by atoms with Crippen LogP contribution in [0.25, 0.3) is 0 Å². The number of aromatic nitrogens is 1. The highest BCUT2D eigenvalue weighted by molar-refractivity contribution is 7.89. The van der Waals surface area contributed by atoms with E-state index < -0.39 is 10.0 Å². The highest BCUT2D eigenvalue weighted by Gasteiger charge is 2.17. The summed E-state index contributed by atoms with van der Waals surface area (Å²) in [7, 11) is -1.76. The van der Waals surface area contributed by atoms with Crippen molar-refractivity contribution in [3.63, 3.8) is 0 Å².